The van der Waals surface area contributed by atoms with E-state index in [4.69, 9.17) is 21.1 Å². The molecule has 168 valence electrons. The Hall–Kier alpha value is -3.14. The highest BCUT2D eigenvalue weighted by molar-refractivity contribution is 6.30. The van der Waals surface area contributed by atoms with E-state index >= 15 is 0 Å². The van der Waals surface area contributed by atoms with Gasteiger partial charge < -0.3 is 20.1 Å². The monoisotopic (exact) mass is 456 g/mol. The molecule has 9 nitrogen and oxygen atoms in total. The third-order valence-electron chi connectivity index (χ3n) is 5.06. The van der Waals surface area contributed by atoms with Crippen LogP contribution in [0.15, 0.2) is 48.8 Å². The number of hydrogen-bond acceptors (Lipinski definition) is 6. The molecule has 0 radical (unpaired) electrons. The maximum Gasteiger partial charge on any atom is 0.323 e. The SMILES string of the molecule is Cn1nccc1-c1cc(NC(=O)Nc2ccc(Cl)cc2)cnc1OCCN1CCOCC1. The van der Waals surface area contributed by atoms with Crippen molar-refractivity contribution in [2.75, 3.05) is 50.1 Å². The molecular weight excluding hydrogens is 432 g/mol. The number of ether oxygens (including phenoxy) is 2. The van der Waals surface area contributed by atoms with E-state index in [9.17, 15) is 4.79 Å². The van der Waals surface area contributed by atoms with E-state index < -0.39 is 0 Å². The zero-order valence-electron chi connectivity index (χ0n) is 17.8. The average Bonchev–Trinajstić information content (AvgIpc) is 3.22. The van der Waals surface area contributed by atoms with Gasteiger partial charge in [-0.05, 0) is 36.4 Å². The number of nitrogens with one attached hydrogen (secondary N) is 2. The van der Waals surface area contributed by atoms with E-state index in [0.717, 1.165) is 44.1 Å². The molecular formula is C22H25ClN6O3. The summed E-state index contributed by atoms with van der Waals surface area (Å²) in [6.07, 6.45) is 3.28. The molecule has 0 spiro atoms. The van der Waals surface area contributed by atoms with E-state index in [1.54, 1.807) is 41.3 Å². The number of rotatable bonds is 7. The first-order valence-electron chi connectivity index (χ1n) is 10.3. The van der Waals surface area contributed by atoms with Crippen LogP contribution in [0.4, 0.5) is 16.2 Å². The third kappa shape index (κ3) is 5.76. The van der Waals surface area contributed by atoms with E-state index in [1.807, 2.05) is 19.2 Å². The number of morpholine rings is 1. The second-order valence-corrected chi connectivity index (χ2v) is 7.74. The smallest absolute Gasteiger partial charge is 0.323 e. The minimum Gasteiger partial charge on any atom is -0.476 e. The molecule has 2 amide bonds. The number of anilines is 2. The van der Waals surface area contributed by atoms with Gasteiger partial charge in [-0.25, -0.2) is 9.78 Å². The second-order valence-electron chi connectivity index (χ2n) is 7.31. The number of aryl methyl sites for hydroxylation is 1. The van der Waals surface area contributed by atoms with E-state index in [1.165, 1.54) is 0 Å². The summed E-state index contributed by atoms with van der Waals surface area (Å²) >= 11 is 5.89. The fourth-order valence-corrected chi connectivity index (χ4v) is 3.51. The Morgan fingerprint density at radius 1 is 1.16 bits per heavy atom. The molecule has 0 atom stereocenters. The van der Waals surface area contributed by atoms with Crippen molar-refractivity contribution in [2.45, 2.75) is 0 Å². The molecule has 0 unspecified atom stereocenters. The maximum atomic E-state index is 12.4. The van der Waals surface area contributed by atoms with Gasteiger partial charge in [0, 0.05) is 43.6 Å². The third-order valence-corrected chi connectivity index (χ3v) is 5.31. The molecule has 0 bridgehead atoms. The van der Waals surface area contributed by atoms with E-state index in [0.29, 0.717) is 28.9 Å². The fourth-order valence-electron chi connectivity index (χ4n) is 3.38. The Balaban J connectivity index is 1.46. The molecule has 0 saturated carbocycles. The van der Waals surface area contributed by atoms with E-state index in [-0.39, 0.29) is 6.03 Å². The summed E-state index contributed by atoms with van der Waals surface area (Å²) in [6.45, 7) is 4.59. The van der Waals surface area contributed by atoms with Crippen LogP contribution in [0.5, 0.6) is 5.88 Å². The molecule has 1 aliphatic heterocycles. The van der Waals surface area contributed by atoms with Crippen molar-refractivity contribution in [1.82, 2.24) is 19.7 Å². The van der Waals surface area contributed by atoms with Crippen molar-refractivity contribution in [3.05, 3.63) is 53.8 Å². The first-order chi connectivity index (χ1) is 15.6. The summed E-state index contributed by atoms with van der Waals surface area (Å²) in [5.41, 5.74) is 2.75. The average molecular weight is 457 g/mol. The van der Waals surface area contributed by atoms with Gasteiger partial charge in [0.15, 0.2) is 0 Å². The Kier molecular flexibility index (Phi) is 7.21. The number of urea groups is 1. The van der Waals surface area contributed by atoms with E-state index in [2.05, 4.69) is 25.6 Å². The number of pyridine rings is 1. The number of aromatic nitrogens is 3. The standard InChI is InChI=1S/C22H25ClN6O3/c1-28-20(6-7-25-28)19-14-18(27-22(30)26-17-4-2-16(23)3-5-17)15-24-21(19)32-13-10-29-8-11-31-12-9-29/h2-7,14-15H,8-13H2,1H3,(H2,26,27,30). The highest BCUT2D eigenvalue weighted by atomic mass is 35.5. The molecule has 1 fully saturated rings. The van der Waals surface area contributed by atoms with Gasteiger partial charge in [-0.3, -0.25) is 9.58 Å². The van der Waals surface area contributed by atoms with Crippen LogP contribution < -0.4 is 15.4 Å². The van der Waals surface area contributed by atoms with Gasteiger partial charge in [-0.2, -0.15) is 5.10 Å². The number of hydrogen-bond donors (Lipinski definition) is 2. The molecule has 4 rings (SSSR count). The van der Waals surface area contributed by atoms with Crippen molar-refractivity contribution in [2.24, 2.45) is 7.05 Å². The van der Waals surface area contributed by atoms with Crippen molar-refractivity contribution in [1.29, 1.82) is 0 Å². The van der Waals surface area contributed by atoms with Gasteiger partial charge in [0.05, 0.1) is 36.4 Å². The summed E-state index contributed by atoms with van der Waals surface area (Å²) in [6, 6.07) is 10.2. The van der Waals surface area contributed by atoms with Crippen molar-refractivity contribution >= 4 is 29.0 Å². The van der Waals surface area contributed by atoms with Crippen LogP contribution in [0.25, 0.3) is 11.3 Å². The molecule has 2 aromatic heterocycles. The lowest BCUT2D eigenvalue weighted by Gasteiger charge is -2.26. The largest absolute Gasteiger partial charge is 0.476 e. The van der Waals surface area contributed by atoms with Crippen molar-refractivity contribution in [3.63, 3.8) is 0 Å². The minimum atomic E-state index is -0.383. The zero-order valence-corrected chi connectivity index (χ0v) is 18.5. The molecule has 32 heavy (non-hydrogen) atoms. The first kappa shape index (κ1) is 22.1. The lowest BCUT2D eigenvalue weighted by molar-refractivity contribution is 0.0320. The Labute approximate surface area is 191 Å². The Bertz CT molecular complexity index is 1050. The highest BCUT2D eigenvalue weighted by Gasteiger charge is 2.15. The molecule has 1 aromatic carbocycles. The summed E-state index contributed by atoms with van der Waals surface area (Å²) < 4.78 is 13.1. The van der Waals surface area contributed by atoms with Crippen LogP contribution in [-0.2, 0) is 11.8 Å². The number of nitrogens with zero attached hydrogens (tertiary/aromatic N) is 4. The van der Waals surface area contributed by atoms with Gasteiger partial charge in [0.1, 0.15) is 6.61 Å². The van der Waals surface area contributed by atoms with Gasteiger partial charge in [0.25, 0.3) is 0 Å². The molecule has 3 heterocycles. The highest BCUT2D eigenvalue weighted by Crippen LogP contribution is 2.30. The first-order valence-corrected chi connectivity index (χ1v) is 10.7. The zero-order chi connectivity index (χ0) is 22.3. The molecule has 3 aromatic rings. The molecule has 10 heteroatoms. The Morgan fingerprint density at radius 3 is 2.62 bits per heavy atom. The summed E-state index contributed by atoms with van der Waals surface area (Å²) in [7, 11) is 1.85. The molecule has 1 aliphatic rings. The number of halogens is 1. The van der Waals surface area contributed by atoms with Crippen LogP contribution in [0.1, 0.15) is 0 Å². The summed E-state index contributed by atoms with van der Waals surface area (Å²) in [4.78, 5) is 19.2. The summed E-state index contributed by atoms with van der Waals surface area (Å²) in [5.74, 6) is 0.491. The number of carbonyl (C=O) groups excluding carboxylic acids is 1. The van der Waals surface area contributed by atoms with Crippen molar-refractivity contribution in [3.8, 4) is 17.1 Å². The quantitative estimate of drug-likeness (QED) is 0.565. The lowest BCUT2D eigenvalue weighted by atomic mass is 10.2. The van der Waals surface area contributed by atoms with Crippen molar-refractivity contribution < 1.29 is 14.3 Å². The van der Waals surface area contributed by atoms with Crippen LogP contribution in [0, 0.1) is 0 Å². The van der Waals surface area contributed by atoms with Crippen LogP contribution in [0.2, 0.25) is 5.02 Å². The second kappa shape index (κ2) is 10.4. The Morgan fingerprint density at radius 2 is 1.91 bits per heavy atom. The number of amides is 2. The minimum absolute atomic E-state index is 0.383. The normalized spacial score (nSPS) is 14.2. The molecule has 1 saturated heterocycles. The number of benzene rings is 1. The predicted molar refractivity (Wildman–Crippen MR) is 123 cm³/mol. The van der Waals surface area contributed by atoms with Gasteiger partial charge in [0.2, 0.25) is 5.88 Å². The number of carbonyl (C=O) groups is 1. The fraction of sp³-hybridized carbons (Fsp3) is 0.318. The topological polar surface area (TPSA) is 93.5 Å². The van der Waals surface area contributed by atoms with Gasteiger partial charge in [-0.1, -0.05) is 11.6 Å². The van der Waals surface area contributed by atoms with Gasteiger partial charge >= 0.3 is 6.03 Å². The summed E-state index contributed by atoms with van der Waals surface area (Å²) in [5, 5.41) is 10.4. The lowest BCUT2D eigenvalue weighted by Crippen LogP contribution is -2.38. The predicted octanol–water partition coefficient (Wildman–Crippen LogP) is 3.49. The van der Waals surface area contributed by atoms with Crippen LogP contribution in [-0.4, -0.2) is 65.2 Å². The van der Waals surface area contributed by atoms with Gasteiger partial charge in [-0.15, -0.1) is 0 Å². The van der Waals surface area contributed by atoms with Crippen LogP contribution in [0.3, 0.4) is 0 Å². The molecule has 2 N–H and O–H groups in total. The maximum absolute atomic E-state index is 12.4. The van der Waals surface area contributed by atoms with Crippen LogP contribution >= 0.6 is 11.6 Å². The molecule has 0 aliphatic carbocycles.